The highest BCUT2D eigenvalue weighted by Gasteiger charge is 2.13. The van der Waals surface area contributed by atoms with E-state index in [0.717, 1.165) is 6.07 Å². The maximum absolute atomic E-state index is 12.9. The highest BCUT2D eigenvalue weighted by atomic mass is 19.1. The molecular formula is C10H13FN2O. The van der Waals surface area contributed by atoms with Gasteiger partial charge in [0, 0.05) is 17.7 Å². The van der Waals surface area contributed by atoms with E-state index in [1.54, 1.807) is 6.08 Å². The van der Waals surface area contributed by atoms with Crippen molar-refractivity contribution in [1.82, 2.24) is 0 Å². The van der Waals surface area contributed by atoms with Gasteiger partial charge in [0.2, 0.25) is 0 Å². The van der Waals surface area contributed by atoms with Crippen LogP contribution in [0.2, 0.25) is 0 Å². The number of hydrogen-bond acceptors (Lipinski definition) is 3. The Hall–Kier alpha value is -1.55. The van der Waals surface area contributed by atoms with Crippen molar-refractivity contribution < 1.29 is 9.50 Å². The number of halogens is 1. The van der Waals surface area contributed by atoms with Gasteiger partial charge < -0.3 is 16.6 Å². The van der Waals surface area contributed by atoms with Crippen LogP contribution in [0.1, 0.15) is 18.0 Å². The normalized spacial score (nSPS) is 12.4. The van der Waals surface area contributed by atoms with Gasteiger partial charge in [0.1, 0.15) is 11.6 Å². The van der Waals surface area contributed by atoms with E-state index in [9.17, 15) is 9.50 Å². The molecule has 3 nitrogen and oxygen atoms in total. The van der Waals surface area contributed by atoms with E-state index in [1.165, 1.54) is 6.07 Å². The summed E-state index contributed by atoms with van der Waals surface area (Å²) in [7, 11) is 0. The number of phenols is 1. The summed E-state index contributed by atoms with van der Waals surface area (Å²) in [5.41, 5.74) is 11.4. The molecule has 0 aliphatic carbocycles. The summed E-state index contributed by atoms with van der Waals surface area (Å²) in [6.45, 7) is 3.51. The highest BCUT2D eigenvalue weighted by molar-refractivity contribution is 5.57. The molecule has 0 unspecified atom stereocenters. The van der Waals surface area contributed by atoms with Crippen molar-refractivity contribution in [3.05, 3.63) is 36.2 Å². The molecule has 76 valence electrons. The minimum absolute atomic E-state index is 0.000452. The van der Waals surface area contributed by atoms with E-state index in [2.05, 4.69) is 6.58 Å². The van der Waals surface area contributed by atoms with Crippen LogP contribution in [0.25, 0.3) is 0 Å². The number of rotatable bonds is 3. The smallest absolute Gasteiger partial charge is 0.143 e. The molecule has 0 aliphatic heterocycles. The number of nitrogens with two attached hydrogens (primary N) is 2. The molecule has 0 saturated heterocycles. The fourth-order valence-corrected chi connectivity index (χ4v) is 1.23. The fourth-order valence-electron chi connectivity index (χ4n) is 1.23. The molecule has 0 heterocycles. The maximum Gasteiger partial charge on any atom is 0.143 e. The summed E-state index contributed by atoms with van der Waals surface area (Å²) in [6, 6.07) is 1.75. The third-order valence-electron chi connectivity index (χ3n) is 1.95. The van der Waals surface area contributed by atoms with Crippen molar-refractivity contribution in [1.29, 1.82) is 0 Å². The summed E-state index contributed by atoms with van der Waals surface area (Å²) in [5.74, 6) is -0.657. The van der Waals surface area contributed by atoms with Gasteiger partial charge in [-0.15, -0.1) is 6.58 Å². The molecule has 0 aliphatic rings. The molecule has 0 fully saturated rings. The first-order valence-corrected chi connectivity index (χ1v) is 4.20. The lowest BCUT2D eigenvalue weighted by Gasteiger charge is -2.13. The fraction of sp³-hybridized carbons (Fsp3) is 0.200. The van der Waals surface area contributed by atoms with Crippen LogP contribution in [-0.4, -0.2) is 5.11 Å². The van der Waals surface area contributed by atoms with E-state index in [-0.39, 0.29) is 11.4 Å². The van der Waals surface area contributed by atoms with Gasteiger partial charge in [0.25, 0.3) is 0 Å². The van der Waals surface area contributed by atoms with E-state index in [0.29, 0.717) is 12.0 Å². The Morgan fingerprint density at radius 3 is 2.79 bits per heavy atom. The number of hydrogen-bond donors (Lipinski definition) is 3. The molecule has 0 amide bonds. The Labute approximate surface area is 81.8 Å². The van der Waals surface area contributed by atoms with Crippen LogP contribution in [0.3, 0.4) is 0 Å². The summed E-state index contributed by atoms with van der Waals surface area (Å²) in [6.07, 6.45) is 2.06. The predicted octanol–water partition coefficient (Wildman–Crippen LogP) is 1.69. The topological polar surface area (TPSA) is 72.3 Å². The van der Waals surface area contributed by atoms with Gasteiger partial charge in [-0.05, 0) is 12.5 Å². The first-order chi connectivity index (χ1) is 6.56. The zero-order valence-electron chi connectivity index (χ0n) is 7.70. The third-order valence-corrected chi connectivity index (χ3v) is 1.95. The van der Waals surface area contributed by atoms with E-state index >= 15 is 0 Å². The van der Waals surface area contributed by atoms with Crippen LogP contribution in [0, 0.1) is 5.82 Å². The Bertz CT molecular complexity index is 352. The number of nitrogen functional groups attached to an aromatic ring is 1. The SMILES string of the molecule is C=CC[C@@H](N)c1cc(F)cc(N)c1O. The molecule has 0 spiro atoms. The number of phenolic OH excluding ortho intramolecular Hbond substituents is 1. The van der Waals surface area contributed by atoms with Gasteiger partial charge in [-0.2, -0.15) is 0 Å². The van der Waals surface area contributed by atoms with Crippen LogP contribution in [-0.2, 0) is 0 Å². The summed E-state index contributed by atoms with van der Waals surface area (Å²) < 4.78 is 12.9. The lowest BCUT2D eigenvalue weighted by Crippen LogP contribution is -2.10. The summed E-state index contributed by atoms with van der Waals surface area (Å²) in [5, 5.41) is 9.51. The van der Waals surface area contributed by atoms with Gasteiger partial charge in [-0.3, -0.25) is 0 Å². The van der Waals surface area contributed by atoms with Gasteiger partial charge >= 0.3 is 0 Å². The quantitative estimate of drug-likeness (QED) is 0.391. The van der Waals surface area contributed by atoms with Crippen molar-refractivity contribution in [3.63, 3.8) is 0 Å². The van der Waals surface area contributed by atoms with Crippen LogP contribution < -0.4 is 11.5 Å². The van der Waals surface area contributed by atoms with E-state index in [4.69, 9.17) is 11.5 Å². The van der Waals surface area contributed by atoms with Crippen molar-refractivity contribution in [2.24, 2.45) is 5.73 Å². The van der Waals surface area contributed by atoms with Crippen LogP contribution >= 0.6 is 0 Å². The number of anilines is 1. The molecule has 0 saturated carbocycles. The Morgan fingerprint density at radius 1 is 1.57 bits per heavy atom. The average Bonchev–Trinajstić information content (AvgIpc) is 2.11. The summed E-state index contributed by atoms with van der Waals surface area (Å²) >= 11 is 0. The van der Waals surface area contributed by atoms with Crippen LogP contribution in [0.5, 0.6) is 5.75 Å². The Kier molecular flexibility index (Phi) is 3.09. The zero-order chi connectivity index (χ0) is 10.7. The summed E-state index contributed by atoms with van der Waals surface area (Å²) in [4.78, 5) is 0. The molecular weight excluding hydrogens is 183 g/mol. The molecule has 0 aromatic heterocycles. The molecule has 1 atom stereocenters. The lowest BCUT2D eigenvalue weighted by atomic mass is 10.0. The van der Waals surface area contributed by atoms with E-state index < -0.39 is 11.9 Å². The number of aromatic hydroxyl groups is 1. The predicted molar refractivity (Wildman–Crippen MR) is 54.2 cm³/mol. The van der Waals surface area contributed by atoms with Crippen molar-refractivity contribution in [2.75, 3.05) is 5.73 Å². The standard InChI is InChI=1S/C10H13FN2O/c1-2-3-8(12)7-4-6(11)5-9(13)10(7)14/h2,4-5,8,14H,1,3,12-13H2/t8-/m1/s1. The molecule has 5 N–H and O–H groups in total. The Morgan fingerprint density at radius 2 is 2.21 bits per heavy atom. The van der Waals surface area contributed by atoms with Crippen LogP contribution in [0.4, 0.5) is 10.1 Å². The molecule has 0 bridgehead atoms. The molecule has 14 heavy (non-hydrogen) atoms. The second-order valence-electron chi connectivity index (χ2n) is 3.06. The van der Waals surface area contributed by atoms with Gasteiger partial charge in [-0.25, -0.2) is 4.39 Å². The third kappa shape index (κ3) is 2.03. The van der Waals surface area contributed by atoms with Gasteiger partial charge in [0.05, 0.1) is 5.69 Å². The first-order valence-electron chi connectivity index (χ1n) is 4.20. The Balaban J connectivity index is 3.12. The minimum Gasteiger partial charge on any atom is -0.505 e. The van der Waals surface area contributed by atoms with Crippen molar-refractivity contribution in [2.45, 2.75) is 12.5 Å². The minimum atomic E-state index is -0.505. The lowest BCUT2D eigenvalue weighted by molar-refractivity contribution is 0.461. The highest BCUT2D eigenvalue weighted by Crippen LogP contribution is 2.31. The van der Waals surface area contributed by atoms with Gasteiger partial charge in [0.15, 0.2) is 0 Å². The molecule has 4 heteroatoms. The molecule has 1 aromatic carbocycles. The zero-order valence-corrected chi connectivity index (χ0v) is 7.70. The van der Waals surface area contributed by atoms with Crippen molar-refractivity contribution >= 4 is 5.69 Å². The molecule has 1 aromatic rings. The van der Waals surface area contributed by atoms with Gasteiger partial charge in [-0.1, -0.05) is 6.08 Å². The largest absolute Gasteiger partial charge is 0.505 e. The maximum atomic E-state index is 12.9. The average molecular weight is 196 g/mol. The van der Waals surface area contributed by atoms with Crippen LogP contribution in [0.15, 0.2) is 24.8 Å². The van der Waals surface area contributed by atoms with E-state index in [1.807, 2.05) is 0 Å². The number of benzene rings is 1. The monoisotopic (exact) mass is 196 g/mol. The molecule has 0 radical (unpaired) electrons. The molecule has 1 rings (SSSR count). The van der Waals surface area contributed by atoms with Crippen molar-refractivity contribution in [3.8, 4) is 5.75 Å². The second-order valence-corrected chi connectivity index (χ2v) is 3.06. The second kappa shape index (κ2) is 4.11. The first kappa shape index (κ1) is 10.5.